The van der Waals surface area contributed by atoms with Crippen molar-refractivity contribution < 1.29 is 27.9 Å². The van der Waals surface area contributed by atoms with Gasteiger partial charge in [0.1, 0.15) is 16.2 Å². The van der Waals surface area contributed by atoms with E-state index < -0.39 is 22.9 Å². The van der Waals surface area contributed by atoms with Crippen LogP contribution >= 0.6 is 11.3 Å². The summed E-state index contributed by atoms with van der Waals surface area (Å²) in [6.45, 7) is 5.03. The van der Waals surface area contributed by atoms with Crippen molar-refractivity contribution in [2.24, 2.45) is 5.92 Å². The predicted molar refractivity (Wildman–Crippen MR) is 209 cm³/mol. The Bertz CT molecular complexity index is 2510. The Morgan fingerprint density at radius 2 is 1.72 bits per heavy atom. The fraction of sp³-hybridized carbons (Fsp3) is 0.333. The van der Waals surface area contributed by atoms with Crippen LogP contribution < -0.4 is 5.56 Å². The number of hydrogen-bond acceptors (Lipinski definition) is 8. The van der Waals surface area contributed by atoms with E-state index in [1.165, 1.54) is 51.2 Å². The van der Waals surface area contributed by atoms with Gasteiger partial charge in [-0.05, 0) is 75.1 Å². The summed E-state index contributed by atoms with van der Waals surface area (Å²) < 4.78 is 42.8. The van der Waals surface area contributed by atoms with Gasteiger partial charge in [-0.2, -0.15) is 13.2 Å². The van der Waals surface area contributed by atoms with Crippen LogP contribution in [0.2, 0.25) is 0 Å². The van der Waals surface area contributed by atoms with Crippen molar-refractivity contribution >= 4 is 34.2 Å². The van der Waals surface area contributed by atoms with Crippen LogP contribution in [0.5, 0.6) is 0 Å². The number of alkyl halides is 3. The summed E-state index contributed by atoms with van der Waals surface area (Å²) in [5.74, 6) is -0.765. The molecule has 2 atom stereocenters. The fourth-order valence-electron chi connectivity index (χ4n) is 7.99. The Hall–Kier alpha value is -5.67. The van der Waals surface area contributed by atoms with E-state index in [0.29, 0.717) is 30.1 Å². The average molecular weight is 796 g/mol. The van der Waals surface area contributed by atoms with Crippen molar-refractivity contribution in [2.45, 2.75) is 57.3 Å². The van der Waals surface area contributed by atoms with Crippen molar-refractivity contribution in [3.63, 3.8) is 0 Å². The molecule has 2 aliphatic rings. The maximum atomic E-state index is 14.3. The molecule has 2 saturated heterocycles. The Morgan fingerprint density at radius 1 is 0.947 bits per heavy atom. The minimum absolute atomic E-state index is 0.0303. The van der Waals surface area contributed by atoms with Crippen LogP contribution in [0.4, 0.5) is 13.2 Å². The molecule has 294 valence electrons. The second-order valence-corrected chi connectivity index (χ2v) is 16.0. The van der Waals surface area contributed by atoms with Crippen LogP contribution in [0.25, 0.3) is 27.3 Å². The van der Waals surface area contributed by atoms with Gasteiger partial charge in [-0.1, -0.05) is 36.4 Å². The largest absolute Gasteiger partial charge is 0.416 e. The number of piperidine rings is 2. The molecule has 2 amide bonds. The fourth-order valence-corrected chi connectivity index (χ4v) is 9.01. The molecule has 4 aromatic heterocycles. The monoisotopic (exact) mass is 795 g/mol. The molecule has 2 fully saturated rings. The Balaban J connectivity index is 0.949. The molecule has 11 nitrogen and oxygen atoms in total. The van der Waals surface area contributed by atoms with Gasteiger partial charge in [-0.15, -0.1) is 11.3 Å². The van der Waals surface area contributed by atoms with Gasteiger partial charge in [-0.3, -0.25) is 23.9 Å². The summed E-state index contributed by atoms with van der Waals surface area (Å²) in [4.78, 5) is 59.5. The number of pyridine rings is 1. The third-order valence-corrected chi connectivity index (χ3v) is 12.4. The van der Waals surface area contributed by atoms with Crippen LogP contribution in [0.1, 0.15) is 57.4 Å². The lowest BCUT2D eigenvalue weighted by molar-refractivity contribution is -0.142. The van der Waals surface area contributed by atoms with E-state index in [1.807, 2.05) is 61.2 Å². The highest BCUT2D eigenvalue weighted by molar-refractivity contribution is 7.17. The van der Waals surface area contributed by atoms with Crippen molar-refractivity contribution in [1.29, 1.82) is 0 Å². The maximum absolute atomic E-state index is 14.3. The molecule has 0 aliphatic carbocycles. The number of likely N-dealkylation sites (tertiary alicyclic amines) is 2. The van der Waals surface area contributed by atoms with E-state index in [2.05, 4.69) is 15.0 Å². The summed E-state index contributed by atoms with van der Waals surface area (Å²) in [6, 6.07) is 19.9. The molecule has 6 heterocycles. The first-order chi connectivity index (χ1) is 27.3. The summed E-state index contributed by atoms with van der Waals surface area (Å²) in [5, 5.41) is 12.6. The van der Waals surface area contributed by atoms with Crippen LogP contribution in [0, 0.1) is 19.8 Å². The lowest BCUT2D eigenvalue weighted by atomic mass is 9.79. The van der Waals surface area contributed by atoms with Gasteiger partial charge in [-0.25, -0.2) is 9.97 Å². The lowest BCUT2D eigenvalue weighted by Crippen LogP contribution is -2.53. The molecule has 57 heavy (non-hydrogen) atoms. The molecular formula is C42H40F3N7O4S. The van der Waals surface area contributed by atoms with Gasteiger partial charge in [0.15, 0.2) is 5.65 Å². The summed E-state index contributed by atoms with van der Waals surface area (Å²) in [5.41, 5.74) is 1.25. The number of carbonyl (C=O) groups excluding carboxylic acids is 2. The Kier molecular flexibility index (Phi) is 10.1. The first kappa shape index (κ1) is 38.2. The smallest absolute Gasteiger partial charge is 0.388 e. The van der Waals surface area contributed by atoms with Crippen LogP contribution in [0.3, 0.4) is 0 Å². The average Bonchev–Trinajstić information content (AvgIpc) is 3.83. The number of hydrogen-bond donors (Lipinski definition) is 1. The zero-order valence-electron chi connectivity index (χ0n) is 31.3. The number of carbonyl (C=O) groups is 2. The number of aryl methyl sites for hydroxylation is 2. The van der Waals surface area contributed by atoms with Crippen molar-refractivity contribution in [3.8, 4) is 16.3 Å². The molecule has 15 heteroatoms. The molecule has 0 unspecified atom stereocenters. The molecule has 2 aromatic carbocycles. The second-order valence-electron chi connectivity index (χ2n) is 15.0. The molecular weight excluding hydrogens is 756 g/mol. The van der Waals surface area contributed by atoms with E-state index in [9.17, 15) is 32.7 Å². The van der Waals surface area contributed by atoms with Crippen LogP contribution in [-0.4, -0.2) is 82.6 Å². The summed E-state index contributed by atoms with van der Waals surface area (Å²) >= 11 is 1.35. The van der Waals surface area contributed by atoms with Gasteiger partial charge in [0.25, 0.3) is 11.5 Å². The number of thiazole rings is 1. The zero-order valence-corrected chi connectivity index (χ0v) is 32.1. The van der Waals surface area contributed by atoms with Crippen molar-refractivity contribution in [2.75, 3.05) is 26.2 Å². The van der Waals surface area contributed by atoms with Crippen molar-refractivity contribution in [1.82, 2.24) is 33.9 Å². The van der Waals surface area contributed by atoms with E-state index in [1.54, 1.807) is 11.1 Å². The summed E-state index contributed by atoms with van der Waals surface area (Å²) in [7, 11) is 0. The first-order valence-electron chi connectivity index (χ1n) is 18.8. The molecule has 8 rings (SSSR count). The number of halogens is 3. The molecule has 0 bridgehead atoms. The molecule has 2 aliphatic heterocycles. The van der Waals surface area contributed by atoms with Crippen molar-refractivity contribution in [3.05, 3.63) is 129 Å². The highest BCUT2D eigenvalue weighted by Crippen LogP contribution is 2.38. The summed E-state index contributed by atoms with van der Waals surface area (Å²) in [6.07, 6.45) is 0.967. The van der Waals surface area contributed by atoms with Gasteiger partial charge < -0.3 is 19.5 Å². The van der Waals surface area contributed by atoms with Gasteiger partial charge in [0.05, 0.1) is 28.8 Å². The van der Waals surface area contributed by atoms with Gasteiger partial charge in [0, 0.05) is 67.4 Å². The second kappa shape index (κ2) is 15.0. The van der Waals surface area contributed by atoms with E-state index in [-0.39, 0.29) is 72.8 Å². The minimum Gasteiger partial charge on any atom is -0.388 e. The molecule has 0 saturated carbocycles. The Labute approximate surface area is 330 Å². The number of rotatable bonds is 7. The van der Waals surface area contributed by atoms with Crippen LogP contribution in [-0.2, 0) is 17.5 Å². The predicted octanol–water partition coefficient (Wildman–Crippen LogP) is 6.64. The third-order valence-electron chi connectivity index (χ3n) is 11.2. The minimum atomic E-state index is -4.52. The molecule has 6 aromatic rings. The normalized spacial score (nSPS) is 18.6. The standard InChI is InChI=1S/C42H40F3N7O4S/c1-26-11-12-29(22-46-26)37-48-27(2)35(57-37)40(55)50-17-13-32(34(23-50)28-7-4-3-5-8-28)38(53)49-19-15-41(56,16-20-49)24-51-25-47-36-33(39(51)54)14-18-52(36)31-10-6-9-30(21-31)42(43,44)45/h3-12,14,18,21-22,25,32,34,56H,13,15-17,19-20,23-24H2,1-2H3/t32-,34+/m1/s1. The zero-order chi connectivity index (χ0) is 40.1. The SMILES string of the molecule is Cc1ccc(-c2nc(C)c(C(=O)N3CC[C@@H](C(=O)N4CCC(O)(Cn5cnc6c(ccn6-c6cccc(C(F)(F)F)c6)c5=O)CC4)[C@H](c4ccccc4)C3)s2)cn1. The molecule has 0 radical (unpaired) electrons. The number of nitrogens with zero attached hydrogens (tertiary/aromatic N) is 7. The number of amides is 2. The third kappa shape index (κ3) is 7.61. The Morgan fingerprint density at radius 3 is 2.44 bits per heavy atom. The topological polar surface area (TPSA) is 126 Å². The molecule has 1 N–H and O–H groups in total. The first-order valence-corrected chi connectivity index (χ1v) is 19.6. The number of benzene rings is 2. The van der Waals surface area contributed by atoms with Crippen LogP contribution in [0.15, 0.2) is 96.3 Å². The lowest BCUT2D eigenvalue weighted by Gasteiger charge is -2.43. The van der Waals surface area contributed by atoms with E-state index in [0.717, 1.165) is 34.0 Å². The van der Waals surface area contributed by atoms with E-state index >= 15 is 0 Å². The maximum Gasteiger partial charge on any atom is 0.416 e. The van der Waals surface area contributed by atoms with Gasteiger partial charge in [0.2, 0.25) is 5.91 Å². The number of aromatic nitrogens is 5. The van der Waals surface area contributed by atoms with E-state index in [4.69, 9.17) is 0 Å². The number of aliphatic hydroxyl groups is 1. The number of fused-ring (bicyclic) bond motifs is 1. The highest BCUT2D eigenvalue weighted by Gasteiger charge is 2.42. The molecule has 0 spiro atoms. The quantitative estimate of drug-likeness (QED) is 0.192. The highest BCUT2D eigenvalue weighted by atomic mass is 32.1. The van der Waals surface area contributed by atoms with Gasteiger partial charge >= 0.3 is 6.18 Å².